The summed E-state index contributed by atoms with van der Waals surface area (Å²) in [7, 11) is 0. The molecule has 0 bridgehead atoms. The van der Waals surface area contributed by atoms with Crippen molar-refractivity contribution in [2.45, 2.75) is 32.7 Å². The Hall–Kier alpha value is -2.82. The number of likely N-dealkylation sites (tertiary alicyclic amines) is 1. The van der Waals surface area contributed by atoms with Gasteiger partial charge in [-0.05, 0) is 36.5 Å². The molecule has 1 atom stereocenters. The number of benzene rings is 2. The van der Waals surface area contributed by atoms with E-state index in [1.54, 1.807) is 4.90 Å². The number of para-hydroxylation sites is 1. The lowest BCUT2D eigenvalue weighted by Gasteiger charge is -2.32. The van der Waals surface area contributed by atoms with Crippen LogP contribution in [0.2, 0.25) is 0 Å². The van der Waals surface area contributed by atoms with E-state index >= 15 is 0 Å². The molecule has 1 heterocycles. The molecule has 1 aliphatic rings. The van der Waals surface area contributed by atoms with E-state index in [0.29, 0.717) is 19.6 Å². The van der Waals surface area contributed by atoms with Crippen molar-refractivity contribution in [3.05, 3.63) is 65.7 Å². The Kier molecular flexibility index (Phi) is 6.47. The van der Waals surface area contributed by atoms with E-state index in [1.807, 2.05) is 54.6 Å². The summed E-state index contributed by atoms with van der Waals surface area (Å²) in [5.41, 5.74) is 3.06. The van der Waals surface area contributed by atoms with E-state index in [9.17, 15) is 9.59 Å². The molecule has 1 saturated heterocycles. The minimum absolute atomic E-state index is 0.00328. The number of carbonyl (C=O) groups excluding carboxylic acids is 2. The highest BCUT2D eigenvalue weighted by Crippen LogP contribution is 2.21. The Morgan fingerprint density at radius 2 is 1.81 bits per heavy atom. The van der Waals surface area contributed by atoms with Crippen LogP contribution in [0, 0.1) is 5.92 Å². The number of urea groups is 1. The van der Waals surface area contributed by atoms with E-state index in [4.69, 9.17) is 0 Å². The van der Waals surface area contributed by atoms with Gasteiger partial charge >= 0.3 is 6.03 Å². The predicted octanol–water partition coefficient (Wildman–Crippen LogP) is 3.81. The molecule has 1 aliphatic heterocycles. The van der Waals surface area contributed by atoms with Crippen molar-refractivity contribution in [1.82, 2.24) is 10.2 Å². The quantitative estimate of drug-likeness (QED) is 0.846. The summed E-state index contributed by atoms with van der Waals surface area (Å²) < 4.78 is 0. The van der Waals surface area contributed by atoms with Crippen molar-refractivity contribution < 1.29 is 9.59 Å². The average Bonchev–Trinajstić information content (AvgIpc) is 2.73. The van der Waals surface area contributed by atoms with Gasteiger partial charge in [0.15, 0.2) is 0 Å². The number of carbonyl (C=O) groups is 2. The monoisotopic (exact) mass is 365 g/mol. The van der Waals surface area contributed by atoms with E-state index in [2.05, 4.69) is 17.6 Å². The third kappa shape index (κ3) is 5.09. The molecule has 5 heteroatoms. The Bertz CT molecular complexity index is 776. The highest BCUT2D eigenvalue weighted by Gasteiger charge is 2.28. The van der Waals surface area contributed by atoms with Gasteiger partial charge in [0.2, 0.25) is 5.91 Å². The van der Waals surface area contributed by atoms with Gasteiger partial charge in [-0.1, -0.05) is 55.5 Å². The summed E-state index contributed by atoms with van der Waals surface area (Å²) >= 11 is 0. The number of rotatable bonds is 5. The van der Waals surface area contributed by atoms with Crippen molar-refractivity contribution in [3.63, 3.8) is 0 Å². The smallest absolute Gasteiger partial charge is 0.317 e. The van der Waals surface area contributed by atoms with Gasteiger partial charge in [-0.25, -0.2) is 4.79 Å². The number of piperidine rings is 1. The summed E-state index contributed by atoms with van der Waals surface area (Å²) in [6.45, 7) is 3.72. The standard InChI is InChI=1S/C22H27N3O2/c1-2-18-11-6-7-13-20(18)24-21(26)19-12-8-14-25(16-19)22(27)23-15-17-9-4-3-5-10-17/h3-7,9-11,13,19H,2,8,12,14-16H2,1H3,(H,23,27)(H,24,26)/t19-/m0/s1. The number of nitrogens with zero attached hydrogens (tertiary/aromatic N) is 1. The molecule has 142 valence electrons. The number of anilines is 1. The number of amides is 3. The molecule has 0 aromatic heterocycles. The highest BCUT2D eigenvalue weighted by atomic mass is 16.2. The Balaban J connectivity index is 1.55. The summed E-state index contributed by atoms with van der Waals surface area (Å²) in [5, 5.41) is 6.00. The molecule has 0 radical (unpaired) electrons. The van der Waals surface area contributed by atoms with E-state index < -0.39 is 0 Å². The second-order valence-corrected chi connectivity index (χ2v) is 6.93. The highest BCUT2D eigenvalue weighted by molar-refractivity contribution is 5.93. The molecule has 0 aliphatic carbocycles. The zero-order chi connectivity index (χ0) is 19.1. The van der Waals surface area contributed by atoms with Gasteiger partial charge in [-0.15, -0.1) is 0 Å². The minimum atomic E-state index is -0.175. The first-order chi connectivity index (χ1) is 13.2. The van der Waals surface area contributed by atoms with Crippen LogP contribution in [0.3, 0.4) is 0 Å². The maximum Gasteiger partial charge on any atom is 0.317 e. The molecule has 0 saturated carbocycles. The fourth-order valence-electron chi connectivity index (χ4n) is 3.45. The molecule has 2 N–H and O–H groups in total. The minimum Gasteiger partial charge on any atom is -0.334 e. The van der Waals surface area contributed by atoms with Crippen LogP contribution >= 0.6 is 0 Å². The first kappa shape index (κ1) is 19.0. The summed E-state index contributed by atoms with van der Waals surface area (Å²) in [4.78, 5) is 26.9. The van der Waals surface area contributed by atoms with Gasteiger partial charge in [0.05, 0.1) is 5.92 Å². The molecule has 0 spiro atoms. The van der Waals surface area contributed by atoms with Crippen molar-refractivity contribution in [2.75, 3.05) is 18.4 Å². The van der Waals surface area contributed by atoms with E-state index in [-0.39, 0.29) is 17.9 Å². The first-order valence-corrected chi connectivity index (χ1v) is 9.63. The van der Waals surface area contributed by atoms with Gasteiger partial charge in [-0.2, -0.15) is 0 Å². The summed E-state index contributed by atoms with van der Waals surface area (Å²) in [5.74, 6) is -0.178. The molecule has 5 nitrogen and oxygen atoms in total. The number of aryl methyl sites for hydroxylation is 1. The molecular weight excluding hydrogens is 338 g/mol. The fraction of sp³-hybridized carbons (Fsp3) is 0.364. The predicted molar refractivity (Wildman–Crippen MR) is 107 cm³/mol. The second kappa shape index (κ2) is 9.21. The second-order valence-electron chi connectivity index (χ2n) is 6.93. The van der Waals surface area contributed by atoms with Gasteiger partial charge in [0.25, 0.3) is 0 Å². The number of hydrogen-bond acceptors (Lipinski definition) is 2. The van der Waals surface area contributed by atoms with Crippen molar-refractivity contribution in [1.29, 1.82) is 0 Å². The third-order valence-corrected chi connectivity index (χ3v) is 5.02. The van der Waals surface area contributed by atoms with Crippen LogP contribution in [0.25, 0.3) is 0 Å². The molecule has 3 rings (SSSR count). The number of nitrogens with one attached hydrogen (secondary N) is 2. The van der Waals surface area contributed by atoms with Crippen LogP contribution in [-0.2, 0) is 17.8 Å². The zero-order valence-electron chi connectivity index (χ0n) is 15.8. The largest absolute Gasteiger partial charge is 0.334 e. The van der Waals surface area contributed by atoms with E-state index in [0.717, 1.165) is 36.1 Å². The third-order valence-electron chi connectivity index (χ3n) is 5.02. The van der Waals surface area contributed by atoms with Gasteiger partial charge in [0, 0.05) is 25.3 Å². The lowest BCUT2D eigenvalue weighted by Crippen LogP contribution is -2.47. The van der Waals surface area contributed by atoms with Crippen LogP contribution in [0.15, 0.2) is 54.6 Å². The first-order valence-electron chi connectivity index (χ1n) is 9.63. The Morgan fingerprint density at radius 3 is 2.59 bits per heavy atom. The van der Waals surface area contributed by atoms with Crippen molar-refractivity contribution in [3.8, 4) is 0 Å². The summed E-state index contributed by atoms with van der Waals surface area (Å²) in [6.07, 6.45) is 2.52. The average molecular weight is 365 g/mol. The van der Waals surface area contributed by atoms with Crippen LogP contribution in [-0.4, -0.2) is 29.9 Å². The molecule has 27 heavy (non-hydrogen) atoms. The maximum absolute atomic E-state index is 12.7. The van der Waals surface area contributed by atoms with Crippen LogP contribution in [0.1, 0.15) is 30.9 Å². The van der Waals surface area contributed by atoms with Gasteiger partial charge in [0.1, 0.15) is 0 Å². The molecule has 1 fully saturated rings. The van der Waals surface area contributed by atoms with Crippen molar-refractivity contribution in [2.24, 2.45) is 5.92 Å². The van der Waals surface area contributed by atoms with Crippen LogP contribution < -0.4 is 10.6 Å². The molecule has 2 aromatic rings. The molecule has 0 unspecified atom stereocenters. The maximum atomic E-state index is 12.7. The van der Waals surface area contributed by atoms with Crippen LogP contribution in [0.5, 0.6) is 0 Å². The normalized spacial score (nSPS) is 16.6. The molecule has 2 aromatic carbocycles. The van der Waals surface area contributed by atoms with Gasteiger partial charge in [-0.3, -0.25) is 4.79 Å². The Labute approximate surface area is 160 Å². The molecule has 3 amide bonds. The Morgan fingerprint density at radius 1 is 1.07 bits per heavy atom. The summed E-state index contributed by atoms with van der Waals surface area (Å²) in [6, 6.07) is 17.6. The SMILES string of the molecule is CCc1ccccc1NC(=O)[C@H]1CCCN(C(=O)NCc2ccccc2)C1. The lowest BCUT2D eigenvalue weighted by atomic mass is 9.97. The number of hydrogen-bond donors (Lipinski definition) is 2. The molecular formula is C22H27N3O2. The zero-order valence-corrected chi connectivity index (χ0v) is 15.8. The lowest BCUT2D eigenvalue weighted by molar-refractivity contribution is -0.121. The van der Waals surface area contributed by atoms with Crippen LogP contribution in [0.4, 0.5) is 10.5 Å². The van der Waals surface area contributed by atoms with Gasteiger partial charge < -0.3 is 15.5 Å². The fourth-order valence-corrected chi connectivity index (χ4v) is 3.45. The van der Waals surface area contributed by atoms with Crippen molar-refractivity contribution >= 4 is 17.6 Å². The topological polar surface area (TPSA) is 61.4 Å². The van der Waals surface area contributed by atoms with E-state index in [1.165, 1.54) is 0 Å².